The molecule has 0 atom stereocenters. The van der Waals surface area contributed by atoms with Crippen molar-refractivity contribution in [2.24, 2.45) is 0 Å². The van der Waals surface area contributed by atoms with E-state index in [4.69, 9.17) is 5.73 Å². The van der Waals surface area contributed by atoms with Gasteiger partial charge in [0.05, 0.1) is 5.56 Å². The Morgan fingerprint density at radius 1 is 1.35 bits per heavy atom. The number of nitrogens with zero attached hydrogens (tertiary/aromatic N) is 1. The largest absolute Gasteiger partial charge is 0.477 e. The van der Waals surface area contributed by atoms with Gasteiger partial charge < -0.3 is 10.8 Å². The number of aromatic nitrogens is 2. The molecule has 1 heterocycles. The smallest absolute Gasteiger partial charge is 0.354 e. The number of nitrogen functional groups attached to an aromatic ring is 1. The molecular weight excluding hydrogens is 254 g/mol. The first kappa shape index (κ1) is 14.1. The molecule has 4 N–H and O–H groups in total. The van der Waals surface area contributed by atoms with Gasteiger partial charge in [-0.1, -0.05) is 39.0 Å². The van der Waals surface area contributed by atoms with Gasteiger partial charge in [-0.25, -0.2) is 4.79 Å². The van der Waals surface area contributed by atoms with Crippen LogP contribution in [0.4, 0.5) is 5.82 Å². The zero-order valence-corrected chi connectivity index (χ0v) is 12.1. The first-order valence-corrected chi connectivity index (χ1v) is 6.40. The van der Waals surface area contributed by atoms with Crippen LogP contribution in [0, 0.1) is 6.92 Å². The molecular formula is C15H19N3O2. The number of benzene rings is 1. The molecule has 0 radical (unpaired) electrons. The number of hydrogen-bond acceptors (Lipinski definition) is 3. The highest BCUT2D eigenvalue weighted by Crippen LogP contribution is 2.34. The lowest BCUT2D eigenvalue weighted by Crippen LogP contribution is -2.11. The van der Waals surface area contributed by atoms with E-state index in [-0.39, 0.29) is 16.9 Å². The lowest BCUT2D eigenvalue weighted by molar-refractivity contribution is 0.0691. The van der Waals surface area contributed by atoms with Crippen LogP contribution in [0.1, 0.15) is 42.4 Å². The SMILES string of the molecule is Cc1ccc(C(C)(C)C)cc1-c1c(N)n[nH]c1C(=O)O. The van der Waals surface area contributed by atoms with Gasteiger partial charge in [0.25, 0.3) is 0 Å². The Labute approximate surface area is 117 Å². The number of nitrogens with one attached hydrogen (secondary N) is 1. The lowest BCUT2D eigenvalue weighted by Gasteiger charge is -2.21. The van der Waals surface area contributed by atoms with Gasteiger partial charge in [-0.2, -0.15) is 5.10 Å². The third-order valence-corrected chi connectivity index (χ3v) is 3.38. The minimum Gasteiger partial charge on any atom is -0.477 e. The third-order valence-electron chi connectivity index (χ3n) is 3.38. The Morgan fingerprint density at radius 2 is 2.00 bits per heavy atom. The number of aromatic carboxylic acids is 1. The van der Waals surface area contributed by atoms with Crippen LogP contribution >= 0.6 is 0 Å². The number of aryl methyl sites for hydroxylation is 1. The summed E-state index contributed by atoms with van der Waals surface area (Å²) < 4.78 is 0. The summed E-state index contributed by atoms with van der Waals surface area (Å²) in [6.45, 7) is 8.26. The number of rotatable bonds is 2. The van der Waals surface area contributed by atoms with E-state index in [1.807, 2.05) is 19.1 Å². The maximum atomic E-state index is 11.3. The normalized spacial score (nSPS) is 11.6. The van der Waals surface area contributed by atoms with Crippen LogP contribution in [0.2, 0.25) is 0 Å². The minimum atomic E-state index is -1.07. The fourth-order valence-corrected chi connectivity index (χ4v) is 2.14. The van der Waals surface area contributed by atoms with E-state index in [1.54, 1.807) is 0 Å². The number of carboxylic acid groups (broad SMARTS) is 1. The first-order valence-electron chi connectivity index (χ1n) is 6.40. The second-order valence-corrected chi connectivity index (χ2v) is 5.94. The molecule has 1 aromatic carbocycles. The summed E-state index contributed by atoms with van der Waals surface area (Å²) in [5, 5.41) is 15.5. The van der Waals surface area contributed by atoms with Crippen LogP contribution in [-0.2, 0) is 5.41 Å². The topological polar surface area (TPSA) is 92.0 Å². The Balaban J connectivity index is 2.70. The van der Waals surface area contributed by atoms with Gasteiger partial charge in [-0.15, -0.1) is 0 Å². The van der Waals surface area contributed by atoms with Crippen LogP contribution in [0.5, 0.6) is 0 Å². The van der Waals surface area contributed by atoms with Crippen LogP contribution in [0.25, 0.3) is 11.1 Å². The highest BCUT2D eigenvalue weighted by molar-refractivity contribution is 5.98. The summed E-state index contributed by atoms with van der Waals surface area (Å²) in [7, 11) is 0. The summed E-state index contributed by atoms with van der Waals surface area (Å²) in [6.07, 6.45) is 0. The maximum absolute atomic E-state index is 11.3. The predicted octanol–water partition coefficient (Wildman–Crippen LogP) is 2.96. The van der Waals surface area contributed by atoms with E-state index in [1.165, 1.54) is 0 Å². The van der Waals surface area contributed by atoms with E-state index in [0.29, 0.717) is 5.56 Å². The lowest BCUT2D eigenvalue weighted by atomic mass is 9.84. The Hall–Kier alpha value is -2.30. The van der Waals surface area contributed by atoms with E-state index in [0.717, 1.165) is 16.7 Å². The van der Waals surface area contributed by atoms with Crippen molar-refractivity contribution in [3.8, 4) is 11.1 Å². The minimum absolute atomic E-state index is 0.0235. The summed E-state index contributed by atoms with van der Waals surface area (Å²) in [4.78, 5) is 11.3. The summed E-state index contributed by atoms with van der Waals surface area (Å²) in [5.41, 5.74) is 9.19. The maximum Gasteiger partial charge on any atom is 0.354 e. The second kappa shape index (κ2) is 4.67. The van der Waals surface area contributed by atoms with Crippen molar-refractivity contribution in [1.29, 1.82) is 0 Å². The molecule has 0 fully saturated rings. The molecule has 20 heavy (non-hydrogen) atoms. The average molecular weight is 273 g/mol. The molecule has 0 aliphatic rings. The highest BCUT2D eigenvalue weighted by atomic mass is 16.4. The predicted molar refractivity (Wildman–Crippen MR) is 78.8 cm³/mol. The second-order valence-electron chi connectivity index (χ2n) is 5.94. The van der Waals surface area contributed by atoms with E-state index >= 15 is 0 Å². The molecule has 0 spiro atoms. The van der Waals surface area contributed by atoms with Crippen molar-refractivity contribution >= 4 is 11.8 Å². The monoisotopic (exact) mass is 273 g/mol. The van der Waals surface area contributed by atoms with Crippen molar-refractivity contribution in [2.45, 2.75) is 33.1 Å². The van der Waals surface area contributed by atoms with Gasteiger partial charge in [-0.05, 0) is 29.0 Å². The average Bonchev–Trinajstić information content (AvgIpc) is 2.70. The quantitative estimate of drug-likeness (QED) is 0.784. The van der Waals surface area contributed by atoms with Crippen molar-refractivity contribution in [3.05, 3.63) is 35.0 Å². The molecule has 0 amide bonds. The number of anilines is 1. The molecule has 0 aliphatic carbocycles. The van der Waals surface area contributed by atoms with Gasteiger partial charge >= 0.3 is 5.97 Å². The van der Waals surface area contributed by atoms with Crippen molar-refractivity contribution in [1.82, 2.24) is 10.2 Å². The summed E-state index contributed by atoms with van der Waals surface area (Å²) in [5.74, 6) is -0.860. The summed E-state index contributed by atoms with van der Waals surface area (Å²) >= 11 is 0. The first-order chi connectivity index (χ1) is 9.21. The van der Waals surface area contributed by atoms with Crippen molar-refractivity contribution < 1.29 is 9.90 Å². The fraction of sp³-hybridized carbons (Fsp3) is 0.333. The zero-order chi connectivity index (χ0) is 15.1. The van der Waals surface area contributed by atoms with Crippen LogP contribution in [-0.4, -0.2) is 21.3 Å². The number of aromatic amines is 1. The number of hydrogen-bond donors (Lipinski definition) is 3. The fourth-order valence-electron chi connectivity index (χ4n) is 2.14. The molecule has 0 saturated heterocycles. The summed E-state index contributed by atoms with van der Waals surface area (Å²) in [6, 6.07) is 6.02. The van der Waals surface area contributed by atoms with Gasteiger partial charge in [-0.3, -0.25) is 5.10 Å². The molecule has 5 nitrogen and oxygen atoms in total. The molecule has 0 saturated carbocycles. The van der Waals surface area contributed by atoms with E-state index in [9.17, 15) is 9.90 Å². The standard InChI is InChI=1S/C15H19N3O2/c1-8-5-6-9(15(2,3)4)7-10(8)11-12(14(19)20)17-18-13(11)16/h5-7H,1-4H3,(H,19,20)(H3,16,17,18). The van der Waals surface area contributed by atoms with Gasteiger partial charge in [0.2, 0.25) is 0 Å². The molecule has 2 aromatic rings. The molecule has 0 bridgehead atoms. The number of H-pyrrole nitrogens is 1. The van der Waals surface area contributed by atoms with Gasteiger partial charge in [0.1, 0.15) is 0 Å². The van der Waals surface area contributed by atoms with Gasteiger partial charge in [0.15, 0.2) is 11.5 Å². The Morgan fingerprint density at radius 3 is 2.55 bits per heavy atom. The Bertz CT molecular complexity index is 666. The van der Waals surface area contributed by atoms with E-state index < -0.39 is 5.97 Å². The molecule has 5 heteroatoms. The number of nitrogens with two attached hydrogens (primary N) is 1. The zero-order valence-electron chi connectivity index (χ0n) is 12.1. The third kappa shape index (κ3) is 2.39. The molecule has 106 valence electrons. The Kier molecular flexibility index (Phi) is 3.29. The van der Waals surface area contributed by atoms with Crippen molar-refractivity contribution in [3.63, 3.8) is 0 Å². The van der Waals surface area contributed by atoms with Crippen LogP contribution < -0.4 is 5.73 Å². The number of carboxylic acids is 1. The highest BCUT2D eigenvalue weighted by Gasteiger charge is 2.22. The molecule has 0 aliphatic heterocycles. The van der Waals surface area contributed by atoms with Crippen LogP contribution in [0.15, 0.2) is 18.2 Å². The molecule has 1 aromatic heterocycles. The molecule has 0 unspecified atom stereocenters. The van der Waals surface area contributed by atoms with Crippen LogP contribution in [0.3, 0.4) is 0 Å². The number of carbonyl (C=O) groups is 1. The van der Waals surface area contributed by atoms with E-state index in [2.05, 4.69) is 37.0 Å². The van der Waals surface area contributed by atoms with Gasteiger partial charge in [0, 0.05) is 0 Å². The molecule has 2 rings (SSSR count). The van der Waals surface area contributed by atoms with Crippen molar-refractivity contribution in [2.75, 3.05) is 5.73 Å².